The van der Waals surface area contributed by atoms with Gasteiger partial charge in [-0.1, -0.05) is 39.8 Å². The van der Waals surface area contributed by atoms with Gasteiger partial charge in [-0.25, -0.2) is 17.1 Å². The van der Waals surface area contributed by atoms with Crippen LogP contribution in [0.5, 0.6) is 0 Å². The van der Waals surface area contributed by atoms with E-state index in [0.29, 0.717) is 25.6 Å². The van der Waals surface area contributed by atoms with Crippen LogP contribution in [0, 0.1) is 5.82 Å². The van der Waals surface area contributed by atoms with Crippen molar-refractivity contribution in [2.75, 3.05) is 39.0 Å². The minimum atomic E-state index is -3.27. The number of halogens is 2. The lowest BCUT2D eigenvalue weighted by atomic mass is 9.84. The van der Waals surface area contributed by atoms with Crippen molar-refractivity contribution < 1.29 is 12.8 Å². The van der Waals surface area contributed by atoms with Crippen LogP contribution in [0.2, 0.25) is 0 Å². The van der Waals surface area contributed by atoms with Crippen LogP contribution in [-0.2, 0) is 15.4 Å². The van der Waals surface area contributed by atoms with Gasteiger partial charge in [0.05, 0.1) is 5.75 Å². The third kappa shape index (κ3) is 8.30. The largest absolute Gasteiger partial charge is 0.356 e. The molecule has 27 heavy (non-hydrogen) atoms. The molecule has 9 heteroatoms. The van der Waals surface area contributed by atoms with E-state index in [1.165, 1.54) is 16.4 Å². The molecule has 0 unspecified atom stereocenters. The van der Waals surface area contributed by atoms with E-state index in [9.17, 15) is 12.8 Å². The highest BCUT2D eigenvalue weighted by molar-refractivity contribution is 14.0. The quantitative estimate of drug-likeness (QED) is 0.302. The van der Waals surface area contributed by atoms with Crippen molar-refractivity contribution in [2.45, 2.75) is 33.1 Å². The van der Waals surface area contributed by atoms with Gasteiger partial charge >= 0.3 is 0 Å². The molecule has 1 aromatic rings. The van der Waals surface area contributed by atoms with E-state index in [4.69, 9.17) is 0 Å². The highest BCUT2D eigenvalue weighted by atomic mass is 127. The van der Waals surface area contributed by atoms with Gasteiger partial charge in [0.15, 0.2) is 5.96 Å². The fourth-order valence-corrected chi connectivity index (χ4v) is 3.99. The number of hydrogen-bond acceptors (Lipinski definition) is 3. The van der Waals surface area contributed by atoms with Gasteiger partial charge in [0.1, 0.15) is 5.82 Å². The Bertz CT molecular complexity index is 707. The summed E-state index contributed by atoms with van der Waals surface area (Å²) in [6, 6.07) is 6.52. The Morgan fingerprint density at radius 3 is 2.37 bits per heavy atom. The summed E-state index contributed by atoms with van der Waals surface area (Å²) < 4.78 is 39.3. The lowest BCUT2D eigenvalue weighted by molar-refractivity contribution is 0.445. The average molecular weight is 514 g/mol. The molecule has 0 aliphatic rings. The van der Waals surface area contributed by atoms with E-state index >= 15 is 0 Å². The Balaban J connectivity index is 0.00000676. The highest BCUT2D eigenvalue weighted by Gasteiger charge is 2.22. The molecule has 2 N–H and O–H groups in total. The smallest absolute Gasteiger partial charge is 0.215 e. The molecule has 0 amide bonds. The van der Waals surface area contributed by atoms with Gasteiger partial charge in [0.2, 0.25) is 10.0 Å². The minimum Gasteiger partial charge on any atom is -0.356 e. The number of hydrogen-bond donors (Lipinski definition) is 2. The summed E-state index contributed by atoms with van der Waals surface area (Å²) in [6.07, 6.45) is 0. The predicted octanol–water partition coefficient (Wildman–Crippen LogP) is 2.56. The van der Waals surface area contributed by atoms with Gasteiger partial charge in [0.25, 0.3) is 0 Å². The van der Waals surface area contributed by atoms with Crippen molar-refractivity contribution in [2.24, 2.45) is 4.99 Å². The van der Waals surface area contributed by atoms with Crippen molar-refractivity contribution in [3.05, 3.63) is 35.6 Å². The fraction of sp³-hybridized carbons (Fsp3) is 0.611. The van der Waals surface area contributed by atoms with Crippen LogP contribution >= 0.6 is 24.0 Å². The SMILES string of the molecule is CCN(CC)S(=O)(=O)CCNC(=NC)NCC(C)(C)c1cccc(F)c1.I. The first-order valence-electron chi connectivity index (χ1n) is 8.84. The highest BCUT2D eigenvalue weighted by Crippen LogP contribution is 2.22. The van der Waals surface area contributed by atoms with Crippen LogP contribution in [-0.4, -0.2) is 57.7 Å². The lowest BCUT2D eigenvalue weighted by Gasteiger charge is -2.27. The number of rotatable bonds is 9. The molecule has 6 nitrogen and oxygen atoms in total. The van der Waals surface area contributed by atoms with E-state index in [2.05, 4.69) is 15.6 Å². The molecule has 0 spiro atoms. The molecule has 0 aromatic heterocycles. The van der Waals surface area contributed by atoms with Crippen LogP contribution in [0.3, 0.4) is 0 Å². The van der Waals surface area contributed by atoms with Crippen molar-refractivity contribution in [3.63, 3.8) is 0 Å². The van der Waals surface area contributed by atoms with E-state index in [1.807, 2.05) is 33.8 Å². The van der Waals surface area contributed by atoms with Crippen molar-refractivity contribution in [3.8, 4) is 0 Å². The zero-order chi connectivity index (χ0) is 19.8. The Hall–Kier alpha value is -0.940. The van der Waals surface area contributed by atoms with Crippen molar-refractivity contribution in [1.29, 1.82) is 0 Å². The molecule has 1 rings (SSSR count). The third-order valence-electron chi connectivity index (χ3n) is 4.28. The summed E-state index contributed by atoms with van der Waals surface area (Å²) in [4.78, 5) is 4.12. The number of aliphatic imine (C=N–C) groups is 1. The van der Waals surface area contributed by atoms with Gasteiger partial charge in [-0.3, -0.25) is 4.99 Å². The van der Waals surface area contributed by atoms with E-state index < -0.39 is 10.0 Å². The van der Waals surface area contributed by atoms with Crippen LogP contribution < -0.4 is 10.6 Å². The molecule has 0 bridgehead atoms. The summed E-state index contributed by atoms with van der Waals surface area (Å²) in [5.41, 5.74) is 0.567. The van der Waals surface area contributed by atoms with Gasteiger partial charge < -0.3 is 10.6 Å². The zero-order valence-corrected chi connectivity index (χ0v) is 19.9. The first kappa shape index (κ1) is 26.1. The molecule has 0 aliphatic heterocycles. The molecule has 0 aliphatic carbocycles. The van der Waals surface area contributed by atoms with E-state index in [1.54, 1.807) is 13.1 Å². The summed E-state index contributed by atoms with van der Waals surface area (Å²) in [7, 11) is -1.64. The standard InChI is InChI=1S/C18H31FN4O2S.HI/c1-6-23(7-2)26(24,25)12-11-21-17(20-5)22-14-18(3,4)15-9-8-10-16(19)13-15;/h8-10,13H,6-7,11-12,14H2,1-5H3,(H2,20,21,22);1H. The monoisotopic (exact) mass is 514 g/mol. The lowest BCUT2D eigenvalue weighted by Crippen LogP contribution is -2.45. The second-order valence-electron chi connectivity index (χ2n) is 6.65. The molecule has 156 valence electrons. The van der Waals surface area contributed by atoms with Gasteiger partial charge in [-0.15, -0.1) is 24.0 Å². The molecule has 0 saturated carbocycles. The maximum absolute atomic E-state index is 13.4. The predicted molar refractivity (Wildman–Crippen MR) is 121 cm³/mol. The zero-order valence-electron chi connectivity index (χ0n) is 16.8. The van der Waals surface area contributed by atoms with Crippen LogP contribution in [0.25, 0.3) is 0 Å². The van der Waals surface area contributed by atoms with Crippen LogP contribution in [0.4, 0.5) is 4.39 Å². The summed E-state index contributed by atoms with van der Waals surface area (Å²) in [5, 5.41) is 6.20. The molecule has 0 atom stereocenters. The topological polar surface area (TPSA) is 73.8 Å². The fourth-order valence-electron chi connectivity index (χ4n) is 2.58. The third-order valence-corrected chi connectivity index (χ3v) is 6.30. The Kier molecular flexibility index (Phi) is 11.4. The Labute approximate surface area is 180 Å². The summed E-state index contributed by atoms with van der Waals surface area (Å²) in [6.45, 7) is 9.38. The number of benzene rings is 1. The normalized spacial score (nSPS) is 12.6. The first-order valence-corrected chi connectivity index (χ1v) is 10.5. The summed E-state index contributed by atoms with van der Waals surface area (Å²) in [5.74, 6) is 0.256. The van der Waals surface area contributed by atoms with E-state index in [-0.39, 0.29) is 47.5 Å². The van der Waals surface area contributed by atoms with Gasteiger partial charge in [-0.2, -0.15) is 0 Å². The molecule has 0 radical (unpaired) electrons. The van der Waals surface area contributed by atoms with Crippen LogP contribution in [0.15, 0.2) is 29.3 Å². The first-order chi connectivity index (χ1) is 12.2. The molecular formula is C18H32FIN4O2S. The van der Waals surface area contributed by atoms with Crippen molar-refractivity contribution >= 4 is 40.0 Å². The maximum Gasteiger partial charge on any atom is 0.215 e. The minimum absolute atomic E-state index is 0. The Morgan fingerprint density at radius 1 is 1.22 bits per heavy atom. The maximum atomic E-state index is 13.4. The molecule has 0 heterocycles. The average Bonchev–Trinajstić information content (AvgIpc) is 2.58. The molecule has 1 aromatic carbocycles. The second-order valence-corrected chi connectivity index (χ2v) is 8.74. The number of nitrogens with zero attached hydrogens (tertiary/aromatic N) is 2. The van der Waals surface area contributed by atoms with Gasteiger partial charge in [-0.05, 0) is 17.7 Å². The van der Waals surface area contributed by atoms with Gasteiger partial charge in [0, 0.05) is 38.6 Å². The number of guanidine groups is 1. The molecule has 0 saturated heterocycles. The molecule has 0 fully saturated rings. The number of nitrogens with one attached hydrogen (secondary N) is 2. The summed E-state index contributed by atoms with van der Waals surface area (Å²) >= 11 is 0. The number of sulfonamides is 1. The van der Waals surface area contributed by atoms with Crippen molar-refractivity contribution in [1.82, 2.24) is 14.9 Å². The molecular weight excluding hydrogens is 482 g/mol. The Morgan fingerprint density at radius 2 is 1.85 bits per heavy atom. The second kappa shape index (κ2) is 11.8. The van der Waals surface area contributed by atoms with E-state index in [0.717, 1.165) is 5.56 Å². The van der Waals surface area contributed by atoms with Crippen LogP contribution in [0.1, 0.15) is 33.3 Å².